The molecular formula is C12H14F13N2NaO5S2. The second-order valence-electron chi connectivity index (χ2n) is 6.63. The van der Waals surface area contributed by atoms with Crippen molar-refractivity contribution in [2.45, 2.75) is 41.5 Å². The van der Waals surface area contributed by atoms with Crippen LogP contribution in [0.1, 0.15) is 6.42 Å². The smallest absolute Gasteiger partial charge is 0.748 e. The van der Waals surface area contributed by atoms with Crippen molar-refractivity contribution >= 4 is 20.1 Å². The van der Waals surface area contributed by atoms with Crippen LogP contribution in [-0.2, 0) is 20.1 Å². The summed E-state index contributed by atoms with van der Waals surface area (Å²) in [4.78, 5) is 0.977. The summed E-state index contributed by atoms with van der Waals surface area (Å²) in [6.45, 7) is -2.25. The van der Waals surface area contributed by atoms with Gasteiger partial charge in [0.25, 0.3) is 10.0 Å². The van der Waals surface area contributed by atoms with Gasteiger partial charge in [-0.15, -0.1) is 0 Å². The number of rotatable bonds is 13. The molecule has 1 N–H and O–H groups in total. The zero-order valence-electron chi connectivity index (χ0n) is 17.3. The molecule has 0 fully saturated rings. The number of hydrogen-bond donors (Lipinski definition) is 1. The molecule has 0 aromatic carbocycles. The normalized spacial score (nSPS) is 15.3. The third-order valence-electron chi connectivity index (χ3n) is 3.97. The maximum atomic E-state index is 13.7. The molecule has 206 valence electrons. The van der Waals surface area contributed by atoms with Crippen LogP contribution in [0.3, 0.4) is 0 Å². The van der Waals surface area contributed by atoms with Crippen molar-refractivity contribution in [3.63, 3.8) is 0 Å². The van der Waals surface area contributed by atoms with E-state index in [1.807, 2.05) is 0 Å². The number of sulfonamides is 1. The third kappa shape index (κ3) is 7.47. The first-order chi connectivity index (χ1) is 14.6. The van der Waals surface area contributed by atoms with Gasteiger partial charge >= 0.3 is 64.7 Å². The van der Waals surface area contributed by atoms with Crippen molar-refractivity contribution < 1.29 is 108 Å². The fourth-order valence-electron chi connectivity index (χ4n) is 1.95. The van der Waals surface area contributed by atoms with Gasteiger partial charge in [0, 0.05) is 13.1 Å². The largest absolute Gasteiger partial charge is 1.00 e. The number of halogens is 13. The standard InChI is InChI=1S/C12H15F13N2O5S2.Na/c1-27(5-6-33(28,29)30)4-2-3-26-34(31,32)12(24,25)10(19,20)8(15,16)7(13,14)9(17,18)11(21,22)23;/h26H,2-6H2,1H3,(H,28,29,30);/q;+1/p-1. The Kier molecular flexibility index (Phi) is 12.0. The SMILES string of the molecule is CN(CCCNS(=O)(=O)C(F)(F)C(F)(F)C(F)(F)C(F)(F)C(F)(F)C(F)(F)F)CCS(=O)(=O)[O-].[Na+]. The summed E-state index contributed by atoms with van der Waals surface area (Å²) < 4.78 is 223. The van der Waals surface area contributed by atoms with Gasteiger partial charge in [-0.25, -0.2) is 21.6 Å². The van der Waals surface area contributed by atoms with E-state index in [9.17, 15) is 78.5 Å². The molecule has 0 heterocycles. The average Bonchev–Trinajstić information content (AvgIpc) is 2.61. The van der Waals surface area contributed by atoms with E-state index in [0.29, 0.717) is 4.72 Å². The van der Waals surface area contributed by atoms with Crippen molar-refractivity contribution in [2.75, 3.05) is 32.4 Å². The van der Waals surface area contributed by atoms with Crippen molar-refractivity contribution in [2.24, 2.45) is 0 Å². The number of hydrogen-bond acceptors (Lipinski definition) is 6. The molecular weight excluding hydrogens is 586 g/mol. The van der Waals surface area contributed by atoms with Crippen LogP contribution in [0.5, 0.6) is 0 Å². The van der Waals surface area contributed by atoms with Crippen LogP contribution in [-0.4, -0.2) is 93.8 Å². The predicted octanol–water partition coefficient (Wildman–Crippen LogP) is -0.527. The monoisotopic (exact) mass is 600 g/mol. The molecule has 0 bridgehead atoms. The van der Waals surface area contributed by atoms with Crippen molar-refractivity contribution in [1.82, 2.24) is 9.62 Å². The van der Waals surface area contributed by atoms with Crippen LogP contribution in [0.15, 0.2) is 0 Å². The van der Waals surface area contributed by atoms with Crippen LogP contribution in [0.4, 0.5) is 57.1 Å². The van der Waals surface area contributed by atoms with Gasteiger partial charge in [0.15, 0.2) is 0 Å². The molecule has 0 aliphatic carbocycles. The predicted molar refractivity (Wildman–Crippen MR) is 84.4 cm³/mol. The van der Waals surface area contributed by atoms with E-state index in [1.165, 1.54) is 0 Å². The minimum Gasteiger partial charge on any atom is -0.748 e. The Morgan fingerprint density at radius 1 is 0.714 bits per heavy atom. The van der Waals surface area contributed by atoms with Gasteiger partial charge < -0.3 is 9.45 Å². The molecule has 0 rings (SSSR count). The molecule has 0 aromatic heterocycles. The Balaban J connectivity index is 0. The molecule has 23 heteroatoms. The van der Waals surface area contributed by atoms with Gasteiger partial charge in [-0.3, -0.25) is 0 Å². The van der Waals surface area contributed by atoms with E-state index >= 15 is 0 Å². The Morgan fingerprint density at radius 2 is 1.11 bits per heavy atom. The van der Waals surface area contributed by atoms with Gasteiger partial charge in [-0.05, 0) is 20.0 Å². The third-order valence-corrected chi connectivity index (χ3v) is 6.17. The number of alkyl halides is 13. The zero-order valence-corrected chi connectivity index (χ0v) is 20.9. The first-order valence-electron chi connectivity index (χ1n) is 8.17. The number of nitrogens with zero attached hydrogens (tertiary/aromatic N) is 1. The second-order valence-corrected chi connectivity index (χ2v) is 9.96. The minimum atomic E-state index is -8.25. The minimum absolute atomic E-state index is 0. The Bertz CT molecular complexity index is 926. The van der Waals surface area contributed by atoms with E-state index in [2.05, 4.69) is 0 Å². The topological polar surface area (TPSA) is 107 Å². The van der Waals surface area contributed by atoms with Gasteiger partial charge in [0.1, 0.15) is 0 Å². The molecule has 0 saturated heterocycles. The molecule has 0 saturated carbocycles. The molecule has 35 heavy (non-hydrogen) atoms. The summed E-state index contributed by atoms with van der Waals surface area (Å²) in [5.74, 6) is -33.4. The first-order valence-corrected chi connectivity index (χ1v) is 11.2. The molecule has 0 spiro atoms. The molecule has 7 nitrogen and oxygen atoms in total. The Morgan fingerprint density at radius 3 is 1.49 bits per heavy atom. The molecule has 0 radical (unpaired) electrons. The van der Waals surface area contributed by atoms with Gasteiger partial charge in [0.05, 0.1) is 15.9 Å². The number of nitrogens with one attached hydrogen (secondary N) is 1. The summed E-state index contributed by atoms with van der Waals surface area (Å²) in [7, 11) is -10.7. The van der Waals surface area contributed by atoms with E-state index in [1.54, 1.807) is 0 Å². The summed E-state index contributed by atoms with van der Waals surface area (Å²) in [6, 6.07) is 0. The summed E-state index contributed by atoms with van der Waals surface area (Å²) in [5.41, 5.74) is 0. The Labute approximate surface area is 211 Å². The fourth-order valence-corrected chi connectivity index (χ4v) is 3.54. The maximum Gasteiger partial charge on any atom is 1.00 e. The molecule has 0 amide bonds. The molecule has 0 unspecified atom stereocenters. The van der Waals surface area contributed by atoms with Crippen molar-refractivity contribution in [1.29, 1.82) is 0 Å². The van der Waals surface area contributed by atoms with Crippen molar-refractivity contribution in [3.8, 4) is 0 Å². The van der Waals surface area contributed by atoms with Gasteiger partial charge in [0.2, 0.25) is 0 Å². The first kappa shape index (κ1) is 37.0. The van der Waals surface area contributed by atoms with Crippen LogP contribution in [0.2, 0.25) is 0 Å². The van der Waals surface area contributed by atoms with Gasteiger partial charge in [-0.2, -0.15) is 57.1 Å². The van der Waals surface area contributed by atoms with Crippen LogP contribution in [0, 0.1) is 0 Å². The van der Waals surface area contributed by atoms with Crippen LogP contribution >= 0.6 is 0 Å². The fraction of sp³-hybridized carbons (Fsp3) is 1.00. The molecule has 0 aliphatic rings. The summed E-state index contributed by atoms with van der Waals surface area (Å²) in [5, 5.41) is -7.34. The van der Waals surface area contributed by atoms with Crippen LogP contribution in [0.25, 0.3) is 0 Å². The van der Waals surface area contributed by atoms with Gasteiger partial charge in [-0.1, -0.05) is 0 Å². The van der Waals surface area contributed by atoms with E-state index in [4.69, 9.17) is 0 Å². The van der Waals surface area contributed by atoms with E-state index in [-0.39, 0.29) is 29.6 Å². The molecule has 0 aromatic rings. The van der Waals surface area contributed by atoms with E-state index < -0.39 is 87.1 Å². The van der Waals surface area contributed by atoms with Crippen LogP contribution < -0.4 is 34.3 Å². The second kappa shape index (κ2) is 11.3. The molecule has 0 aliphatic heterocycles. The van der Waals surface area contributed by atoms with E-state index in [0.717, 1.165) is 11.9 Å². The maximum absolute atomic E-state index is 13.7. The Hall–Kier alpha value is -0.130. The summed E-state index contributed by atoms with van der Waals surface area (Å²) in [6.07, 6.45) is -8.30. The van der Waals surface area contributed by atoms with Crippen molar-refractivity contribution in [3.05, 3.63) is 0 Å². The summed E-state index contributed by atoms with van der Waals surface area (Å²) >= 11 is 0. The average molecular weight is 600 g/mol. The quantitative estimate of drug-likeness (QED) is 0.132. The zero-order chi connectivity index (χ0) is 27.8. The molecule has 0 atom stereocenters.